The fraction of sp³-hybridized carbons (Fsp3) is 0.389. The maximum absolute atomic E-state index is 11.9. The molecule has 12 heteroatoms. The third-order valence-electron chi connectivity index (χ3n) is 4.54. The molecular weight excluding hydrogens is 396 g/mol. The minimum absolute atomic E-state index is 0.0575. The Bertz CT molecular complexity index is 982. The Hall–Kier alpha value is -3.83. The second-order valence-corrected chi connectivity index (χ2v) is 6.60. The van der Waals surface area contributed by atoms with Crippen LogP contribution in [0, 0.1) is 10.1 Å². The largest absolute Gasteiger partial charge is 0.381 e. The van der Waals surface area contributed by atoms with Crippen LogP contribution in [0.4, 0.5) is 11.4 Å². The molecule has 2 aromatic rings. The van der Waals surface area contributed by atoms with E-state index >= 15 is 0 Å². The van der Waals surface area contributed by atoms with E-state index in [-0.39, 0.29) is 34.4 Å². The maximum atomic E-state index is 11.9. The van der Waals surface area contributed by atoms with Gasteiger partial charge in [0.2, 0.25) is 11.4 Å². The van der Waals surface area contributed by atoms with Crippen LogP contribution in [0.5, 0.6) is 0 Å². The van der Waals surface area contributed by atoms with E-state index < -0.39 is 4.92 Å². The Morgan fingerprint density at radius 3 is 2.53 bits per heavy atom. The molecule has 0 bridgehead atoms. The molecule has 3 amide bonds. The Morgan fingerprint density at radius 1 is 1.07 bits per heavy atom. The minimum Gasteiger partial charge on any atom is -0.381 e. The number of non-ortho nitro benzene ring substituents is 1. The second kappa shape index (κ2) is 9.58. The van der Waals surface area contributed by atoms with Crippen LogP contribution in [0.15, 0.2) is 28.9 Å². The number of unbranched alkanes of at least 4 members (excludes halogenated alkanes) is 2. The molecule has 0 saturated heterocycles. The van der Waals surface area contributed by atoms with E-state index in [1.807, 2.05) is 0 Å². The highest BCUT2D eigenvalue weighted by molar-refractivity contribution is 6.12. The van der Waals surface area contributed by atoms with Crippen molar-refractivity contribution < 1.29 is 23.9 Å². The van der Waals surface area contributed by atoms with E-state index in [0.29, 0.717) is 44.6 Å². The summed E-state index contributed by atoms with van der Waals surface area (Å²) in [4.78, 5) is 46.3. The third kappa shape index (κ3) is 4.96. The first kappa shape index (κ1) is 20.9. The van der Waals surface area contributed by atoms with Crippen LogP contribution in [0.1, 0.15) is 25.7 Å². The van der Waals surface area contributed by atoms with Gasteiger partial charge in [0, 0.05) is 44.3 Å². The van der Waals surface area contributed by atoms with Crippen LogP contribution in [0.3, 0.4) is 0 Å². The minimum atomic E-state index is -0.561. The zero-order valence-electron chi connectivity index (χ0n) is 16.0. The van der Waals surface area contributed by atoms with Gasteiger partial charge < -0.3 is 10.6 Å². The van der Waals surface area contributed by atoms with Gasteiger partial charge in [0.15, 0.2) is 5.52 Å². The van der Waals surface area contributed by atoms with Gasteiger partial charge in [-0.15, -0.1) is 0 Å². The molecular formula is C18H20N6O6. The number of carbonyl (C=O) groups excluding carboxylic acids is 3. The van der Waals surface area contributed by atoms with Crippen molar-refractivity contribution in [2.75, 3.05) is 25.0 Å². The summed E-state index contributed by atoms with van der Waals surface area (Å²) in [6, 6.07) is 2.82. The number of carbonyl (C=O) groups is 3. The molecule has 158 valence electrons. The predicted molar refractivity (Wildman–Crippen MR) is 104 cm³/mol. The highest BCUT2D eigenvalue weighted by Gasteiger charge is 2.22. The van der Waals surface area contributed by atoms with Gasteiger partial charge in [-0.1, -0.05) is 6.42 Å². The molecule has 1 aromatic carbocycles. The Kier molecular flexibility index (Phi) is 6.67. The second-order valence-electron chi connectivity index (χ2n) is 6.60. The molecule has 30 heavy (non-hydrogen) atoms. The van der Waals surface area contributed by atoms with Gasteiger partial charge in [0.1, 0.15) is 0 Å². The van der Waals surface area contributed by atoms with Crippen molar-refractivity contribution in [1.29, 1.82) is 0 Å². The van der Waals surface area contributed by atoms with Crippen LogP contribution in [0.2, 0.25) is 0 Å². The average molecular weight is 416 g/mol. The number of nitrogens with one attached hydrogen (secondary N) is 2. The number of anilines is 1. The third-order valence-corrected chi connectivity index (χ3v) is 4.54. The number of rotatable bonds is 11. The molecule has 12 nitrogen and oxygen atoms in total. The number of hydrogen-bond donors (Lipinski definition) is 2. The summed E-state index contributed by atoms with van der Waals surface area (Å²) in [6.45, 7) is 1.10. The molecule has 3 rings (SSSR count). The van der Waals surface area contributed by atoms with Crippen molar-refractivity contribution in [1.82, 2.24) is 20.5 Å². The van der Waals surface area contributed by atoms with Gasteiger partial charge in [-0.3, -0.25) is 29.4 Å². The van der Waals surface area contributed by atoms with Gasteiger partial charge in [0.05, 0.1) is 10.6 Å². The van der Waals surface area contributed by atoms with Crippen LogP contribution < -0.4 is 10.6 Å². The molecule has 2 heterocycles. The zero-order chi connectivity index (χ0) is 21.5. The smallest absolute Gasteiger partial charge is 0.300 e. The Balaban J connectivity index is 1.32. The predicted octanol–water partition coefficient (Wildman–Crippen LogP) is 1.14. The van der Waals surface area contributed by atoms with E-state index in [1.54, 1.807) is 0 Å². The number of nitro benzene ring substituents is 1. The fourth-order valence-corrected chi connectivity index (χ4v) is 3.01. The average Bonchev–Trinajstić information content (AvgIpc) is 3.32. The van der Waals surface area contributed by atoms with Gasteiger partial charge in [-0.05, 0) is 29.2 Å². The van der Waals surface area contributed by atoms with E-state index in [0.717, 1.165) is 6.42 Å². The lowest BCUT2D eigenvalue weighted by Crippen LogP contribution is -2.31. The number of aromatic nitrogens is 2. The molecule has 0 spiro atoms. The number of hydrogen-bond acceptors (Lipinski definition) is 9. The van der Waals surface area contributed by atoms with Crippen molar-refractivity contribution in [3.8, 4) is 0 Å². The number of nitro groups is 1. The van der Waals surface area contributed by atoms with Crippen LogP contribution in [0.25, 0.3) is 11.0 Å². The van der Waals surface area contributed by atoms with Gasteiger partial charge in [-0.2, -0.15) is 0 Å². The first-order valence-electron chi connectivity index (χ1n) is 9.41. The van der Waals surface area contributed by atoms with Crippen molar-refractivity contribution in [2.45, 2.75) is 25.7 Å². The van der Waals surface area contributed by atoms with Crippen molar-refractivity contribution in [3.63, 3.8) is 0 Å². The number of benzene rings is 1. The maximum Gasteiger partial charge on any atom is 0.300 e. The molecule has 0 radical (unpaired) electrons. The van der Waals surface area contributed by atoms with Crippen LogP contribution in [-0.4, -0.2) is 57.5 Å². The number of fused-ring (bicyclic) bond motifs is 1. The molecule has 0 fully saturated rings. The lowest BCUT2D eigenvalue weighted by Gasteiger charge is -2.13. The number of amides is 3. The first-order chi connectivity index (χ1) is 14.5. The summed E-state index contributed by atoms with van der Waals surface area (Å²) in [6.07, 6.45) is 4.87. The molecule has 1 aliphatic heterocycles. The van der Waals surface area contributed by atoms with Gasteiger partial charge in [-0.25, -0.2) is 4.63 Å². The topological polar surface area (TPSA) is 161 Å². The first-order valence-corrected chi connectivity index (χ1v) is 9.41. The van der Waals surface area contributed by atoms with E-state index in [1.165, 1.54) is 29.2 Å². The Labute approximate surface area is 170 Å². The highest BCUT2D eigenvalue weighted by Crippen LogP contribution is 2.28. The molecule has 1 aliphatic rings. The van der Waals surface area contributed by atoms with Crippen LogP contribution >= 0.6 is 0 Å². The van der Waals surface area contributed by atoms with E-state index in [9.17, 15) is 24.5 Å². The van der Waals surface area contributed by atoms with Crippen molar-refractivity contribution in [3.05, 3.63) is 34.4 Å². The molecule has 2 N–H and O–H groups in total. The molecule has 0 aliphatic carbocycles. The number of imide groups is 1. The molecule has 0 unspecified atom stereocenters. The van der Waals surface area contributed by atoms with Crippen LogP contribution in [-0.2, 0) is 14.4 Å². The summed E-state index contributed by atoms with van der Waals surface area (Å²) < 4.78 is 4.59. The normalized spacial score (nSPS) is 13.3. The highest BCUT2D eigenvalue weighted by atomic mass is 16.6. The summed E-state index contributed by atoms with van der Waals surface area (Å²) in [5.41, 5.74) is 0.634. The van der Waals surface area contributed by atoms with Gasteiger partial charge in [0.25, 0.3) is 11.8 Å². The standard InChI is InChI=1S/C18H20N6O6/c25-14(4-2-1-3-11-23-15(26)7-8-16(23)27)20-10-9-19-12-5-6-13(24(28)29)18-17(12)21-30-22-18/h5-8,19H,1-4,9-11H2,(H,20,25). The van der Waals surface area contributed by atoms with Crippen molar-refractivity contribution in [2.24, 2.45) is 0 Å². The lowest BCUT2D eigenvalue weighted by molar-refractivity contribution is -0.383. The fourth-order valence-electron chi connectivity index (χ4n) is 3.01. The monoisotopic (exact) mass is 416 g/mol. The molecule has 1 aromatic heterocycles. The van der Waals surface area contributed by atoms with E-state index in [4.69, 9.17) is 0 Å². The molecule has 0 atom stereocenters. The quantitative estimate of drug-likeness (QED) is 0.237. The summed E-state index contributed by atoms with van der Waals surface area (Å²) in [7, 11) is 0. The summed E-state index contributed by atoms with van der Waals surface area (Å²) in [5.74, 6) is -0.697. The van der Waals surface area contributed by atoms with Gasteiger partial charge >= 0.3 is 5.69 Å². The summed E-state index contributed by atoms with van der Waals surface area (Å²) >= 11 is 0. The molecule has 0 saturated carbocycles. The summed E-state index contributed by atoms with van der Waals surface area (Å²) in [5, 5.41) is 24.0. The van der Waals surface area contributed by atoms with Crippen molar-refractivity contribution >= 4 is 40.1 Å². The van der Waals surface area contributed by atoms with E-state index in [2.05, 4.69) is 25.6 Å². The number of nitrogens with zero attached hydrogens (tertiary/aromatic N) is 4. The zero-order valence-corrected chi connectivity index (χ0v) is 16.0. The SMILES string of the molecule is O=C(CCCCCN1C(=O)C=CC1=O)NCCNc1ccc([N+](=O)[O-])c2nonc12. The Morgan fingerprint density at radius 2 is 1.80 bits per heavy atom. The lowest BCUT2D eigenvalue weighted by atomic mass is 10.2.